The molecule has 2 aromatic rings. The van der Waals surface area contributed by atoms with E-state index < -0.39 is 12.5 Å². The molecule has 0 fully saturated rings. The average molecular weight is 461 g/mol. The SMILES string of the molecule is O=CCCCCCCOc1cc(C(=O)Nc2c(Cl)cncc2Cl)ccc1OC(F)F. The maximum atomic E-state index is 12.7. The van der Waals surface area contributed by atoms with Gasteiger partial charge in [0.15, 0.2) is 11.5 Å². The molecule has 0 aliphatic carbocycles. The van der Waals surface area contributed by atoms with Crippen LogP contribution in [0, 0.1) is 0 Å². The maximum Gasteiger partial charge on any atom is 0.387 e. The highest BCUT2D eigenvalue weighted by atomic mass is 35.5. The van der Waals surface area contributed by atoms with Crippen LogP contribution in [0.2, 0.25) is 10.0 Å². The van der Waals surface area contributed by atoms with E-state index in [1.54, 1.807) is 0 Å². The van der Waals surface area contributed by atoms with Crippen molar-refractivity contribution in [1.82, 2.24) is 4.98 Å². The van der Waals surface area contributed by atoms with Crippen molar-refractivity contribution < 1.29 is 27.8 Å². The van der Waals surface area contributed by atoms with E-state index in [1.165, 1.54) is 30.6 Å². The van der Waals surface area contributed by atoms with E-state index >= 15 is 0 Å². The maximum absolute atomic E-state index is 12.7. The van der Waals surface area contributed by atoms with Gasteiger partial charge >= 0.3 is 6.61 Å². The van der Waals surface area contributed by atoms with Crippen LogP contribution in [0.25, 0.3) is 0 Å². The second-order valence-electron chi connectivity index (χ2n) is 6.19. The van der Waals surface area contributed by atoms with E-state index in [0.29, 0.717) is 12.8 Å². The smallest absolute Gasteiger partial charge is 0.387 e. The molecule has 6 nitrogen and oxygen atoms in total. The zero-order chi connectivity index (χ0) is 21.9. The van der Waals surface area contributed by atoms with Gasteiger partial charge in [0.1, 0.15) is 6.29 Å². The van der Waals surface area contributed by atoms with Crippen molar-refractivity contribution in [2.24, 2.45) is 0 Å². The number of hydrogen-bond donors (Lipinski definition) is 1. The van der Waals surface area contributed by atoms with Gasteiger partial charge in [-0.3, -0.25) is 9.78 Å². The summed E-state index contributed by atoms with van der Waals surface area (Å²) < 4.78 is 35.4. The number of amides is 1. The average Bonchev–Trinajstić information content (AvgIpc) is 2.70. The minimum Gasteiger partial charge on any atom is -0.490 e. The number of unbranched alkanes of at least 4 members (excludes halogenated alkanes) is 4. The summed E-state index contributed by atoms with van der Waals surface area (Å²) in [5.74, 6) is -0.724. The van der Waals surface area contributed by atoms with Gasteiger partial charge in [-0.15, -0.1) is 0 Å². The summed E-state index contributed by atoms with van der Waals surface area (Å²) in [4.78, 5) is 26.7. The van der Waals surface area contributed by atoms with Gasteiger partial charge in [0, 0.05) is 24.4 Å². The Bertz CT molecular complexity index is 848. The summed E-state index contributed by atoms with van der Waals surface area (Å²) in [6.45, 7) is -2.79. The van der Waals surface area contributed by atoms with E-state index in [-0.39, 0.29) is 39.4 Å². The number of nitrogens with one attached hydrogen (secondary N) is 1. The lowest BCUT2D eigenvalue weighted by atomic mass is 10.1. The van der Waals surface area contributed by atoms with E-state index in [2.05, 4.69) is 15.0 Å². The highest BCUT2D eigenvalue weighted by Gasteiger charge is 2.17. The number of carbonyl (C=O) groups is 2. The van der Waals surface area contributed by atoms with Gasteiger partial charge < -0.3 is 19.6 Å². The second kappa shape index (κ2) is 12.3. The molecule has 0 aliphatic rings. The molecular formula is C20H20Cl2F2N2O4. The number of alkyl halides is 2. The number of halogens is 4. The molecule has 0 radical (unpaired) electrons. The Morgan fingerprint density at radius 3 is 2.47 bits per heavy atom. The number of ether oxygens (including phenoxy) is 2. The van der Waals surface area contributed by atoms with E-state index in [1.807, 2.05) is 0 Å². The number of hydrogen-bond acceptors (Lipinski definition) is 5. The van der Waals surface area contributed by atoms with Crippen LogP contribution in [0.3, 0.4) is 0 Å². The van der Waals surface area contributed by atoms with Crippen molar-refractivity contribution in [1.29, 1.82) is 0 Å². The summed E-state index contributed by atoms with van der Waals surface area (Å²) >= 11 is 12.0. The molecule has 30 heavy (non-hydrogen) atoms. The predicted octanol–water partition coefficient (Wildman–Crippen LogP) is 5.77. The topological polar surface area (TPSA) is 77.5 Å². The number of anilines is 1. The quantitative estimate of drug-likeness (QED) is 0.321. The normalized spacial score (nSPS) is 10.7. The summed E-state index contributed by atoms with van der Waals surface area (Å²) in [6.07, 6.45) is 7.16. The summed E-state index contributed by atoms with van der Waals surface area (Å²) in [5.41, 5.74) is 0.325. The van der Waals surface area contributed by atoms with Crippen LogP contribution < -0.4 is 14.8 Å². The lowest BCUT2D eigenvalue weighted by Crippen LogP contribution is -2.14. The highest BCUT2D eigenvalue weighted by molar-refractivity contribution is 6.39. The number of carbonyl (C=O) groups excluding carboxylic acids is 2. The van der Waals surface area contributed by atoms with Crippen LogP contribution in [-0.4, -0.2) is 30.4 Å². The van der Waals surface area contributed by atoms with Crippen LogP contribution in [-0.2, 0) is 4.79 Å². The van der Waals surface area contributed by atoms with Crippen molar-refractivity contribution in [2.75, 3.05) is 11.9 Å². The predicted molar refractivity (Wildman–Crippen MR) is 110 cm³/mol. The number of rotatable bonds is 12. The van der Waals surface area contributed by atoms with Gasteiger partial charge in [0.25, 0.3) is 5.91 Å². The first-order chi connectivity index (χ1) is 14.4. The van der Waals surface area contributed by atoms with Crippen LogP contribution in [0.4, 0.5) is 14.5 Å². The minimum atomic E-state index is -3.04. The number of pyridine rings is 1. The Morgan fingerprint density at radius 1 is 1.10 bits per heavy atom. The fourth-order valence-electron chi connectivity index (χ4n) is 2.54. The van der Waals surface area contributed by atoms with Crippen molar-refractivity contribution in [3.8, 4) is 11.5 Å². The molecule has 0 aliphatic heterocycles. The van der Waals surface area contributed by atoms with Crippen molar-refractivity contribution in [3.63, 3.8) is 0 Å². The molecule has 0 atom stereocenters. The first-order valence-electron chi connectivity index (χ1n) is 9.18. The standard InChI is InChI=1S/C20H20Cl2F2N2O4/c21-14-11-25-12-15(22)18(14)26-19(28)13-6-7-16(30-20(23)24)17(10-13)29-9-5-3-1-2-4-8-27/h6-8,10-12,20H,1-5,9H2,(H,25,26,28). The van der Waals surface area contributed by atoms with Crippen molar-refractivity contribution in [3.05, 3.63) is 46.2 Å². The number of nitrogens with zero attached hydrogens (tertiary/aromatic N) is 1. The monoisotopic (exact) mass is 460 g/mol. The minimum absolute atomic E-state index is 0.0164. The molecule has 1 aromatic heterocycles. The molecule has 1 aromatic carbocycles. The van der Waals surface area contributed by atoms with Crippen LogP contribution in [0.5, 0.6) is 11.5 Å². The van der Waals surface area contributed by atoms with Crippen LogP contribution in [0.15, 0.2) is 30.6 Å². The second-order valence-corrected chi connectivity index (χ2v) is 7.00. The highest BCUT2D eigenvalue weighted by Crippen LogP contribution is 2.32. The van der Waals surface area contributed by atoms with E-state index in [0.717, 1.165) is 25.5 Å². The summed E-state index contributed by atoms with van der Waals surface area (Å²) in [5, 5.41) is 2.87. The molecule has 0 saturated carbocycles. The zero-order valence-corrected chi connectivity index (χ0v) is 17.4. The fraction of sp³-hybridized carbons (Fsp3) is 0.350. The largest absolute Gasteiger partial charge is 0.490 e. The van der Waals surface area contributed by atoms with E-state index in [9.17, 15) is 18.4 Å². The molecule has 10 heteroatoms. The third-order valence-corrected chi connectivity index (χ3v) is 4.56. The Hall–Kier alpha value is -2.45. The van der Waals surface area contributed by atoms with Crippen molar-refractivity contribution >= 4 is 41.1 Å². The zero-order valence-electron chi connectivity index (χ0n) is 15.9. The Labute approximate surface area is 182 Å². The van der Waals surface area contributed by atoms with Gasteiger partial charge in [0.05, 0.1) is 22.3 Å². The Morgan fingerprint density at radius 2 is 1.80 bits per heavy atom. The first kappa shape index (κ1) is 23.8. The van der Waals surface area contributed by atoms with Gasteiger partial charge in [-0.1, -0.05) is 36.0 Å². The summed E-state index contributed by atoms with van der Waals surface area (Å²) in [6, 6.07) is 3.86. The summed E-state index contributed by atoms with van der Waals surface area (Å²) in [7, 11) is 0. The van der Waals surface area contributed by atoms with Gasteiger partial charge in [-0.05, 0) is 31.0 Å². The number of aldehydes is 1. The molecule has 1 N–H and O–H groups in total. The fourth-order valence-corrected chi connectivity index (χ4v) is 3.00. The number of benzene rings is 1. The van der Waals surface area contributed by atoms with E-state index in [4.69, 9.17) is 27.9 Å². The third kappa shape index (κ3) is 7.42. The lowest BCUT2D eigenvalue weighted by molar-refractivity contribution is -0.107. The van der Waals surface area contributed by atoms with Gasteiger partial charge in [0.2, 0.25) is 0 Å². The number of aromatic nitrogens is 1. The molecule has 1 heterocycles. The van der Waals surface area contributed by atoms with Crippen LogP contribution in [0.1, 0.15) is 42.5 Å². The molecule has 0 bridgehead atoms. The molecule has 0 spiro atoms. The Balaban J connectivity index is 2.08. The van der Waals surface area contributed by atoms with Crippen molar-refractivity contribution in [2.45, 2.75) is 38.7 Å². The molecule has 1 amide bonds. The lowest BCUT2D eigenvalue weighted by Gasteiger charge is -2.14. The molecule has 0 unspecified atom stereocenters. The third-order valence-electron chi connectivity index (χ3n) is 3.99. The molecule has 162 valence electrons. The van der Waals surface area contributed by atoms with Gasteiger partial charge in [-0.25, -0.2) is 0 Å². The first-order valence-corrected chi connectivity index (χ1v) is 9.93. The van der Waals surface area contributed by atoms with Crippen LogP contribution >= 0.6 is 23.2 Å². The molecule has 0 saturated heterocycles. The molecule has 2 rings (SSSR count). The molecular weight excluding hydrogens is 441 g/mol. The Kier molecular flexibility index (Phi) is 9.76. The van der Waals surface area contributed by atoms with Gasteiger partial charge in [-0.2, -0.15) is 8.78 Å².